The second-order valence-corrected chi connectivity index (χ2v) is 5.28. The number of methoxy groups -OCH3 is 1. The highest BCUT2D eigenvalue weighted by atomic mass is 19.1. The number of carbonyl (C=O) groups is 1. The van der Waals surface area contributed by atoms with Gasteiger partial charge in [0.25, 0.3) is 0 Å². The van der Waals surface area contributed by atoms with Crippen LogP contribution in [0, 0.1) is 18.2 Å². The summed E-state index contributed by atoms with van der Waals surface area (Å²) in [4.78, 5) is 11.5. The minimum Gasteiger partial charge on any atom is -0.469 e. The van der Waals surface area contributed by atoms with Crippen molar-refractivity contribution in [3.05, 3.63) is 35.1 Å². The molecule has 0 spiro atoms. The van der Waals surface area contributed by atoms with Crippen LogP contribution >= 0.6 is 0 Å². The fourth-order valence-corrected chi connectivity index (χ4v) is 2.24. The molecule has 0 atom stereocenters. The zero-order valence-corrected chi connectivity index (χ0v) is 11.5. The van der Waals surface area contributed by atoms with Crippen LogP contribution in [0.2, 0.25) is 0 Å². The van der Waals surface area contributed by atoms with Gasteiger partial charge in [0, 0.05) is 6.54 Å². The summed E-state index contributed by atoms with van der Waals surface area (Å²) in [5.41, 5.74) is 1.49. The van der Waals surface area contributed by atoms with Crippen molar-refractivity contribution < 1.29 is 13.9 Å². The Bertz CT molecular complexity index is 469. The Morgan fingerprint density at radius 1 is 1.47 bits per heavy atom. The molecule has 1 aliphatic carbocycles. The van der Waals surface area contributed by atoms with E-state index in [1.54, 1.807) is 13.0 Å². The molecule has 1 fully saturated rings. The lowest BCUT2D eigenvalue weighted by atomic mass is 10.1. The standard InChI is InChI=1S/C15H20FNO2/c1-11-9-12(3-4-13(11)16)5-8-17-10-15(6-7-15)14(18)19-2/h3-4,9,17H,5-8,10H2,1-2H3. The minimum absolute atomic E-state index is 0.113. The summed E-state index contributed by atoms with van der Waals surface area (Å²) in [6.45, 7) is 3.21. The van der Waals surface area contributed by atoms with E-state index in [9.17, 15) is 9.18 Å². The topological polar surface area (TPSA) is 38.3 Å². The third kappa shape index (κ3) is 3.32. The van der Waals surface area contributed by atoms with E-state index in [0.29, 0.717) is 12.1 Å². The second-order valence-electron chi connectivity index (χ2n) is 5.28. The van der Waals surface area contributed by atoms with Crippen molar-refractivity contribution in [1.29, 1.82) is 0 Å². The Morgan fingerprint density at radius 3 is 2.79 bits per heavy atom. The lowest BCUT2D eigenvalue weighted by Gasteiger charge is -2.13. The van der Waals surface area contributed by atoms with Crippen LogP contribution in [0.1, 0.15) is 24.0 Å². The number of hydrogen-bond donors (Lipinski definition) is 1. The molecule has 0 aromatic heterocycles. The van der Waals surface area contributed by atoms with Crippen molar-refractivity contribution in [3.8, 4) is 0 Å². The van der Waals surface area contributed by atoms with Crippen LogP contribution < -0.4 is 5.32 Å². The summed E-state index contributed by atoms with van der Waals surface area (Å²) in [5.74, 6) is -0.281. The molecule has 19 heavy (non-hydrogen) atoms. The van der Waals surface area contributed by atoms with Crippen molar-refractivity contribution >= 4 is 5.97 Å². The molecule has 0 aliphatic heterocycles. The molecule has 1 aliphatic rings. The van der Waals surface area contributed by atoms with Crippen molar-refractivity contribution in [3.63, 3.8) is 0 Å². The van der Waals surface area contributed by atoms with Crippen LogP contribution in [-0.2, 0) is 16.0 Å². The van der Waals surface area contributed by atoms with Gasteiger partial charge in [0.1, 0.15) is 5.82 Å². The van der Waals surface area contributed by atoms with Gasteiger partial charge in [-0.15, -0.1) is 0 Å². The van der Waals surface area contributed by atoms with Gasteiger partial charge in [-0.2, -0.15) is 0 Å². The summed E-state index contributed by atoms with van der Waals surface area (Å²) in [6, 6.07) is 5.17. The Balaban J connectivity index is 1.75. The van der Waals surface area contributed by atoms with E-state index in [2.05, 4.69) is 5.32 Å². The van der Waals surface area contributed by atoms with Gasteiger partial charge in [0.05, 0.1) is 12.5 Å². The highest BCUT2D eigenvalue weighted by molar-refractivity contribution is 5.80. The number of carbonyl (C=O) groups excluding carboxylic acids is 1. The van der Waals surface area contributed by atoms with Crippen LogP contribution in [0.4, 0.5) is 4.39 Å². The van der Waals surface area contributed by atoms with Gasteiger partial charge in [-0.25, -0.2) is 4.39 Å². The Kier molecular flexibility index (Phi) is 4.20. The quantitative estimate of drug-likeness (QED) is 0.633. The number of esters is 1. The first kappa shape index (κ1) is 14.0. The summed E-state index contributed by atoms with van der Waals surface area (Å²) in [5, 5.41) is 3.29. The molecule has 0 bridgehead atoms. The average Bonchev–Trinajstić information content (AvgIpc) is 3.19. The number of hydrogen-bond acceptors (Lipinski definition) is 3. The molecule has 2 rings (SSSR count). The molecule has 1 saturated carbocycles. The predicted octanol–water partition coefficient (Wildman–Crippen LogP) is 2.22. The van der Waals surface area contributed by atoms with Crippen molar-refractivity contribution in [2.75, 3.05) is 20.2 Å². The first-order valence-corrected chi connectivity index (χ1v) is 6.61. The Hall–Kier alpha value is -1.42. The number of rotatable bonds is 6. The first-order chi connectivity index (χ1) is 9.07. The summed E-state index contributed by atoms with van der Waals surface area (Å²) in [6.07, 6.45) is 2.64. The molecule has 1 aromatic rings. The number of halogens is 1. The van der Waals surface area contributed by atoms with Gasteiger partial charge in [-0.3, -0.25) is 4.79 Å². The van der Waals surface area contributed by atoms with Gasteiger partial charge >= 0.3 is 5.97 Å². The molecule has 3 nitrogen and oxygen atoms in total. The van der Waals surface area contributed by atoms with E-state index in [-0.39, 0.29) is 17.2 Å². The normalized spacial score (nSPS) is 16.2. The number of ether oxygens (including phenoxy) is 1. The van der Waals surface area contributed by atoms with Crippen molar-refractivity contribution in [2.45, 2.75) is 26.2 Å². The van der Waals surface area contributed by atoms with Gasteiger partial charge in [-0.1, -0.05) is 12.1 Å². The highest BCUT2D eigenvalue weighted by Gasteiger charge is 2.50. The van der Waals surface area contributed by atoms with Gasteiger partial charge in [-0.05, 0) is 49.9 Å². The third-order valence-electron chi connectivity index (χ3n) is 3.75. The molecule has 4 heteroatoms. The molecule has 1 aromatic carbocycles. The number of nitrogens with one attached hydrogen (secondary N) is 1. The lowest BCUT2D eigenvalue weighted by molar-refractivity contribution is -0.146. The van der Waals surface area contributed by atoms with Crippen LogP contribution in [0.15, 0.2) is 18.2 Å². The van der Waals surface area contributed by atoms with Crippen molar-refractivity contribution in [1.82, 2.24) is 5.32 Å². The second kappa shape index (κ2) is 5.70. The van der Waals surface area contributed by atoms with Crippen molar-refractivity contribution in [2.24, 2.45) is 5.41 Å². The third-order valence-corrected chi connectivity index (χ3v) is 3.75. The zero-order valence-electron chi connectivity index (χ0n) is 11.5. The predicted molar refractivity (Wildman–Crippen MR) is 71.4 cm³/mol. The molecule has 0 amide bonds. The van der Waals surface area contributed by atoms with Crippen LogP contribution in [-0.4, -0.2) is 26.2 Å². The van der Waals surface area contributed by atoms with Crippen LogP contribution in [0.5, 0.6) is 0 Å². The molecule has 0 radical (unpaired) electrons. The summed E-state index contributed by atoms with van der Waals surface area (Å²) < 4.78 is 17.9. The van der Waals surface area contributed by atoms with Gasteiger partial charge < -0.3 is 10.1 Å². The fraction of sp³-hybridized carbons (Fsp3) is 0.533. The largest absolute Gasteiger partial charge is 0.469 e. The molecule has 0 saturated heterocycles. The maximum absolute atomic E-state index is 13.1. The van der Waals surface area contributed by atoms with E-state index < -0.39 is 0 Å². The number of aryl methyl sites for hydroxylation is 1. The first-order valence-electron chi connectivity index (χ1n) is 6.61. The summed E-state index contributed by atoms with van der Waals surface area (Å²) in [7, 11) is 1.43. The monoisotopic (exact) mass is 265 g/mol. The molecule has 0 heterocycles. The molecule has 0 unspecified atom stereocenters. The van der Waals surface area contributed by atoms with E-state index in [1.165, 1.54) is 13.2 Å². The van der Waals surface area contributed by atoms with Crippen LogP contribution in [0.25, 0.3) is 0 Å². The van der Waals surface area contributed by atoms with E-state index >= 15 is 0 Å². The SMILES string of the molecule is COC(=O)C1(CNCCc2ccc(F)c(C)c2)CC1. The van der Waals surface area contributed by atoms with E-state index in [4.69, 9.17) is 4.74 Å². The van der Waals surface area contributed by atoms with Gasteiger partial charge in [0.15, 0.2) is 0 Å². The van der Waals surface area contributed by atoms with E-state index in [0.717, 1.165) is 31.4 Å². The zero-order chi connectivity index (χ0) is 13.9. The summed E-state index contributed by atoms with van der Waals surface area (Å²) >= 11 is 0. The molecular formula is C15H20FNO2. The Labute approximate surface area is 113 Å². The number of benzene rings is 1. The maximum Gasteiger partial charge on any atom is 0.313 e. The minimum atomic E-state index is -0.284. The Morgan fingerprint density at radius 2 is 2.21 bits per heavy atom. The molecule has 104 valence electrons. The smallest absolute Gasteiger partial charge is 0.313 e. The molecule has 1 N–H and O–H groups in total. The van der Waals surface area contributed by atoms with Crippen LogP contribution in [0.3, 0.4) is 0 Å². The highest BCUT2D eigenvalue weighted by Crippen LogP contribution is 2.45. The lowest BCUT2D eigenvalue weighted by Crippen LogP contribution is -2.32. The van der Waals surface area contributed by atoms with E-state index in [1.807, 2.05) is 6.07 Å². The average molecular weight is 265 g/mol. The fourth-order valence-electron chi connectivity index (χ4n) is 2.24. The van der Waals surface area contributed by atoms with Gasteiger partial charge in [0.2, 0.25) is 0 Å². The molecular weight excluding hydrogens is 245 g/mol. The maximum atomic E-state index is 13.1.